The SMILES string of the molecule is C[C@@H](NC(=O)C1(S(C)(=O)=O)CCNCC1)c1ccc(F)cc1F. The van der Waals surface area contributed by atoms with Gasteiger partial charge in [-0.15, -0.1) is 0 Å². The second kappa shape index (κ2) is 6.52. The fourth-order valence-electron chi connectivity index (χ4n) is 2.86. The maximum atomic E-state index is 13.8. The molecule has 0 radical (unpaired) electrons. The van der Waals surface area contributed by atoms with Crippen molar-refractivity contribution in [2.24, 2.45) is 0 Å². The number of nitrogens with one attached hydrogen (secondary N) is 2. The molecule has 1 fully saturated rings. The van der Waals surface area contributed by atoms with Crippen LogP contribution < -0.4 is 10.6 Å². The van der Waals surface area contributed by atoms with E-state index in [2.05, 4.69) is 10.6 Å². The van der Waals surface area contributed by atoms with E-state index in [1.54, 1.807) is 0 Å². The number of hydrogen-bond donors (Lipinski definition) is 2. The molecule has 23 heavy (non-hydrogen) atoms. The molecule has 0 spiro atoms. The molecule has 0 unspecified atom stereocenters. The van der Waals surface area contributed by atoms with Crippen LogP contribution in [-0.2, 0) is 14.6 Å². The van der Waals surface area contributed by atoms with Gasteiger partial charge in [-0.05, 0) is 38.9 Å². The molecule has 1 aromatic carbocycles. The monoisotopic (exact) mass is 346 g/mol. The Kier molecular flexibility index (Phi) is 5.05. The Hall–Kier alpha value is -1.54. The third kappa shape index (κ3) is 3.53. The van der Waals surface area contributed by atoms with E-state index in [0.717, 1.165) is 18.4 Å². The van der Waals surface area contributed by atoms with Crippen molar-refractivity contribution >= 4 is 15.7 Å². The van der Waals surface area contributed by atoms with Crippen molar-refractivity contribution in [1.29, 1.82) is 0 Å². The van der Waals surface area contributed by atoms with E-state index in [4.69, 9.17) is 0 Å². The maximum absolute atomic E-state index is 13.8. The van der Waals surface area contributed by atoms with Gasteiger partial charge in [0.15, 0.2) is 14.6 Å². The first kappa shape index (κ1) is 17.8. The molecule has 1 amide bonds. The fourth-order valence-corrected chi connectivity index (χ4v) is 4.20. The van der Waals surface area contributed by atoms with Gasteiger partial charge in [-0.3, -0.25) is 4.79 Å². The summed E-state index contributed by atoms with van der Waals surface area (Å²) in [6, 6.07) is 2.30. The van der Waals surface area contributed by atoms with E-state index < -0.39 is 38.2 Å². The summed E-state index contributed by atoms with van der Waals surface area (Å²) in [4.78, 5) is 12.6. The number of benzene rings is 1. The second-order valence-electron chi connectivity index (χ2n) is 5.88. The highest BCUT2D eigenvalue weighted by atomic mass is 32.2. The van der Waals surface area contributed by atoms with Crippen molar-refractivity contribution < 1.29 is 22.0 Å². The number of rotatable bonds is 4. The van der Waals surface area contributed by atoms with Crippen molar-refractivity contribution in [3.05, 3.63) is 35.4 Å². The molecular weight excluding hydrogens is 326 g/mol. The van der Waals surface area contributed by atoms with E-state index in [-0.39, 0.29) is 18.4 Å². The second-order valence-corrected chi connectivity index (χ2v) is 8.20. The van der Waals surface area contributed by atoms with Gasteiger partial charge in [0.05, 0.1) is 6.04 Å². The lowest BCUT2D eigenvalue weighted by Gasteiger charge is -2.35. The smallest absolute Gasteiger partial charge is 0.242 e. The highest BCUT2D eigenvalue weighted by Crippen LogP contribution is 2.29. The van der Waals surface area contributed by atoms with Crippen LogP contribution in [0.5, 0.6) is 0 Å². The number of carbonyl (C=O) groups excluding carboxylic acids is 1. The van der Waals surface area contributed by atoms with Crippen LogP contribution in [0, 0.1) is 11.6 Å². The van der Waals surface area contributed by atoms with Crippen molar-refractivity contribution in [3.8, 4) is 0 Å². The standard InChI is InChI=1S/C15H20F2N2O3S/c1-10(12-4-3-11(16)9-13(12)17)19-14(20)15(23(2,21)22)5-7-18-8-6-15/h3-4,9-10,18H,5-8H2,1-2H3,(H,19,20)/t10-/m1/s1. The summed E-state index contributed by atoms with van der Waals surface area (Å²) in [5.41, 5.74) is 0.109. The number of halogens is 2. The van der Waals surface area contributed by atoms with Crippen molar-refractivity contribution in [1.82, 2.24) is 10.6 Å². The van der Waals surface area contributed by atoms with Crippen LogP contribution in [0.1, 0.15) is 31.4 Å². The molecule has 0 aliphatic carbocycles. The van der Waals surface area contributed by atoms with Crippen LogP contribution in [0.2, 0.25) is 0 Å². The lowest BCUT2D eigenvalue weighted by atomic mass is 9.95. The minimum atomic E-state index is -3.64. The minimum absolute atomic E-state index is 0.109. The number of hydrogen-bond acceptors (Lipinski definition) is 4. The lowest BCUT2D eigenvalue weighted by Crippen LogP contribution is -2.57. The zero-order chi connectivity index (χ0) is 17.3. The van der Waals surface area contributed by atoms with Crippen LogP contribution in [-0.4, -0.2) is 38.4 Å². The summed E-state index contributed by atoms with van der Waals surface area (Å²) in [6.07, 6.45) is 1.37. The molecule has 2 N–H and O–H groups in total. The number of sulfone groups is 1. The van der Waals surface area contributed by atoms with Gasteiger partial charge in [-0.1, -0.05) is 6.07 Å². The summed E-state index contributed by atoms with van der Waals surface area (Å²) in [5, 5.41) is 5.59. The van der Waals surface area contributed by atoms with E-state index in [9.17, 15) is 22.0 Å². The number of piperidine rings is 1. The average Bonchev–Trinajstić information content (AvgIpc) is 2.46. The molecule has 1 aliphatic rings. The first-order valence-electron chi connectivity index (χ1n) is 7.33. The Labute approximate surface area is 134 Å². The summed E-state index contributed by atoms with van der Waals surface area (Å²) >= 11 is 0. The topological polar surface area (TPSA) is 75.3 Å². The van der Waals surface area contributed by atoms with Gasteiger partial charge in [0.2, 0.25) is 5.91 Å². The Morgan fingerprint density at radius 3 is 2.43 bits per heavy atom. The number of amides is 1. The Morgan fingerprint density at radius 2 is 1.91 bits per heavy atom. The van der Waals surface area contributed by atoms with E-state index in [0.29, 0.717) is 13.1 Å². The number of carbonyl (C=O) groups is 1. The van der Waals surface area contributed by atoms with Crippen LogP contribution in [0.15, 0.2) is 18.2 Å². The van der Waals surface area contributed by atoms with E-state index in [1.807, 2.05) is 0 Å². The lowest BCUT2D eigenvalue weighted by molar-refractivity contribution is -0.125. The largest absolute Gasteiger partial charge is 0.348 e. The van der Waals surface area contributed by atoms with Gasteiger partial charge in [-0.2, -0.15) is 0 Å². The molecule has 0 aromatic heterocycles. The molecule has 2 rings (SSSR count). The van der Waals surface area contributed by atoms with Crippen molar-refractivity contribution in [2.75, 3.05) is 19.3 Å². The molecule has 1 atom stereocenters. The van der Waals surface area contributed by atoms with Crippen molar-refractivity contribution in [2.45, 2.75) is 30.6 Å². The van der Waals surface area contributed by atoms with Gasteiger partial charge in [0.25, 0.3) is 0 Å². The predicted octanol–water partition coefficient (Wildman–Crippen LogP) is 1.31. The maximum Gasteiger partial charge on any atom is 0.242 e. The van der Waals surface area contributed by atoms with Crippen LogP contribution >= 0.6 is 0 Å². The van der Waals surface area contributed by atoms with Gasteiger partial charge in [0, 0.05) is 17.9 Å². The molecule has 1 aromatic rings. The Balaban J connectivity index is 2.25. The first-order valence-corrected chi connectivity index (χ1v) is 9.23. The zero-order valence-electron chi connectivity index (χ0n) is 13.0. The van der Waals surface area contributed by atoms with Gasteiger partial charge in [-0.25, -0.2) is 17.2 Å². The highest BCUT2D eigenvalue weighted by Gasteiger charge is 2.48. The van der Waals surface area contributed by atoms with Gasteiger partial charge in [0.1, 0.15) is 11.6 Å². The van der Waals surface area contributed by atoms with Crippen LogP contribution in [0.25, 0.3) is 0 Å². The molecule has 128 valence electrons. The quantitative estimate of drug-likeness (QED) is 0.862. The minimum Gasteiger partial charge on any atom is -0.348 e. The first-order chi connectivity index (χ1) is 10.7. The normalized spacial score (nSPS) is 19.1. The molecule has 1 aliphatic heterocycles. The van der Waals surface area contributed by atoms with Crippen LogP contribution in [0.3, 0.4) is 0 Å². The Morgan fingerprint density at radius 1 is 1.30 bits per heavy atom. The third-order valence-electron chi connectivity index (χ3n) is 4.31. The van der Waals surface area contributed by atoms with E-state index in [1.165, 1.54) is 13.0 Å². The third-order valence-corrected chi connectivity index (χ3v) is 6.32. The molecule has 0 saturated carbocycles. The summed E-state index contributed by atoms with van der Waals surface area (Å²) in [7, 11) is -3.64. The van der Waals surface area contributed by atoms with Gasteiger partial charge < -0.3 is 10.6 Å². The van der Waals surface area contributed by atoms with Crippen molar-refractivity contribution in [3.63, 3.8) is 0 Å². The van der Waals surface area contributed by atoms with E-state index >= 15 is 0 Å². The van der Waals surface area contributed by atoms with Gasteiger partial charge >= 0.3 is 0 Å². The predicted molar refractivity (Wildman–Crippen MR) is 82.6 cm³/mol. The zero-order valence-corrected chi connectivity index (χ0v) is 13.8. The molecule has 1 heterocycles. The van der Waals surface area contributed by atoms with Crippen LogP contribution in [0.4, 0.5) is 8.78 Å². The fraction of sp³-hybridized carbons (Fsp3) is 0.533. The summed E-state index contributed by atoms with van der Waals surface area (Å²) in [6.45, 7) is 2.37. The molecular formula is C15H20F2N2O3S. The molecule has 5 nitrogen and oxygen atoms in total. The average molecular weight is 346 g/mol. The highest BCUT2D eigenvalue weighted by molar-refractivity contribution is 7.92. The molecule has 1 saturated heterocycles. The summed E-state index contributed by atoms with van der Waals surface area (Å²) < 4.78 is 49.6. The molecule has 0 bridgehead atoms. The Bertz CT molecular complexity index is 701. The molecule has 8 heteroatoms. The summed E-state index contributed by atoms with van der Waals surface area (Å²) in [5.74, 6) is -2.13.